The monoisotopic (exact) mass is 340 g/mol. The number of hydrogen-bond acceptors (Lipinski definition) is 4. The number of para-hydroxylation sites is 2. The lowest BCUT2D eigenvalue weighted by atomic mass is 10.2. The second kappa shape index (κ2) is 7.13. The van der Waals surface area contributed by atoms with Gasteiger partial charge in [0.15, 0.2) is 5.84 Å². The van der Waals surface area contributed by atoms with Crippen LogP contribution in [0.2, 0.25) is 0 Å². The van der Waals surface area contributed by atoms with Gasteiger partial charge in [0.1, 0.15) is 0 Å². The van der Waals surface area contributed by atoms with Crippen molar-refractivity contribution in [1.29, 1.82) is 0 Å². The molecule has 5 heteroatoms. The van der Waals surface area contributed by atoms with Crippen LogP contribution in [0.25, 0.3) is 0 Å². The standard InChI is InChI=1S/C21H16N4O/c26-25(18-14-8-3-9-15-18)21-20(22-17-12-6-2-7-13-17)23-19(24-21)16-10-4-1-5-11-16/h1-15,26H. The van der Waals surface area contributed by atoms with Crippen LogP contribution in [0.5, 0.6) is 0 Å². The van der Waals surface area contributed by atoms with Crippen LogP contribution in [0.4, 0.5) is 11.4 Å². The van der Waals surface area contributed by atoms with E-state index in [2.05, 4.69) is 15.0 Å². The molecule has 126 valence electrons. The Bertz CT molecular complexity index is 980. The van der Waals surface area contributed by atoms with Gasteiger partial charge < -0.3 is 0 Å². The molecule has 0 atom stereocenters. The first-order valence-electron chi connectivity index (χ1n) is 8.22. The van der Waals surface area contributed by atoms with Crippen molar-refractivity contribution < 1.29 is 5.21 Å². The minimum absolute atomic E-state index is 0.291. The first kappa shape index (κ1) is 15.9. The fraction of sp³-hybridized carbons (Fsp3) is 0. The van der Waals surface area contributed by atoms with E-state index < -0.39 is 0 Å². The molecule has 4 rings (SSSR count). The highest BCUT2D eigenvalue weighted by Gasteiger charge is 2.25. The Balaban J connectivity index is 1.77. The fourth-order valence-electron chi connectivity index (χ4n) is 2.58. The minimum Gasteiger partial charge on any atom is -0.282 e. The number of nitrogens with zero attached hydrogens (tertiary/aromatic N) is 4. The first-order chi connectivity index (χ1) is 12.8. The van der Waals surface area contributed by atoms with Crippen molar-refractivity contribution in [1.82, 2.24) is 0 Å². The van der Waals surface area contributed by atoms with Gasteiger partial charge >= 0.3 is 0 Å². The molecular weight excluding hydrogens is 324 g/mol. The van der Waals surface area contributed by atoms with E-state index in [4.69, 9.17) is 0 Å². The van der Waals surface area contributed by atoms with E-state index in [1.54, 1.807) is 12.1 Å². The molecule has 3 aromatic carbocycles. The van der Waals surface area contributed by atoms with E-state index in [0.29, 0.717) is 23.2 Å². The van der Waals surface area contributed by atoms with Gasteiger partial charge in [-0.05, 0) is 24.3 Å². The Morgan fingerprint density at radius 2 is 1.27 bits per heavy atom. The zero-order valence-corrected chi connectivity index (χ0v) is 13.9. The van der Waals surface area contributed by atoms with Crippen LogP contribution in [0, 0.1) is 0 Å². The number of hydrogen-bond donors (Lipinski definition) is 1. The van der Waals surface area contributed by atoms with Crippen LogP contribution in [-0.2, 0) is 0 Å². The maximum atomic E-state index is 10.7. The smallest absolute Gasteiger partial charge is 0.205 e. The highest BCUT2D eigenvalue weighted by atomic mass is 16.5. The molecule has 0 spiro atoms. The molecule has 1 heterocycles. The third-order valence-electron chi connectivity index (χ3n) is 3.85. The quantitative estimate of drug-likeness (QED) is 0.715. The Morgan fingerprint density at radius 3 is 1.92 bits per heavy atom. The van der Waals surface area contributed by atoms with Crippen LogP contribution < -0.4 is 5.06 Å². The number of amidine groups is 3. The van der Waals surface area contributed by atoms with Crippen molar-refractivity contribution >= 4 is 28.9 Å². The van der Waals surface area contributed by atoms with Gasteiger partial charge in [-0.1, -0.05) is 66.7 Å². The lowest BCUT2D eigenvalue weighted by Gasteiger charge is -2.15. The van der Waals surface area contributed by atoms with Gasteiger partial charge in [0, 0.05) is 5.56 Å². The Morgan fingerprint density at radius 1 is 0.692 bits per heavy atom. The Hall–Kier alpha value is -3.57. The van der Waals surface area contributed by atoms with E-state index >= 15 is 0 Å². The van der Waals surface area contributed by atoms with Crippen LogP contribution >= 0.6 is 0 Å². The molecule has 0 bridgehead atoms. The summed E-state index contributed by atoms with van der Waals surface area (Å²) in [4.78, 5) is 13.6. The molecular formula is C21H16N4O. The minimum atomic E-state index is 0.291. The van der Waals surface area contributed by atoms with Gasteiger partial charge in [-0.3, -0.25) is 5.21 Å². The van der Waals surface area contributed by atoms with E-state index in [1.165, 1.54) is 0 Å². The summed E-state index contributed by atoms with van der Waals surface area (Å²) in [7, 11) is 0. The highest BCUT2D eigenvalue weighted by molar-refractivity contribution is 6.51. The molecule has 1 aliphatic heterocycles. The molecule has 0 fully saturated rings. The zero-order chi connectivity index (χ0) is 17.8. The number of anilines is 1. The van der Waals surface area contributed by atoms with Crippen molar-refractivity contribution in [2.45, 2.75) is 0 Å². The lowest BCUT2D eigenvalue weighted by molar-refractivity contribution is 0.314. The SMILES string of the molecule is ON(C1=NC(c2ccccc2)=NC1=Nc1ccccc1)c1ccccc1. The maximum absolute atomic E-state index is 10.7. The Labute approximate surface area is 151 Å². The van der Waals surface area contributed by atoms with E-state index in [9.17, 15) is 5.21 Å². The molecule has 0 unspecified atom stereocenters. The fourth-order valence-corrected chi connectivity index (χ4v) is 2.58. The Kier molecular flexibility index (Phi) is 4.37. The van der Waals surface area contributed by atoms with Gasteiger partial charge in [-0.25, -0.2) is 20.0 Å². The van der Waals surface area contributed by atoms with Crippen molar-refractivity contribution in [2.75, 3.05) is 5.06 Å². The number of hydroxylamine groups is 1. The molecule has 5 nitrogen and oxygen atoms in total. The molecule has 1 aliphatic rings. The predicted octanol–water partition coefficient (Wildman–Crippen LogP) is 4.47. The van der Waals surface area contributed by atoms with E-state index in [1.807, 2.05) is 78.9 Å². The molecule has 0 amide bonds. The third-order valence-corrected chi connectivity index (χ3v) is 3.85. The average Bonchev–Trinajstić information content (AvgIpc) is 3.13. The lowest BCUT2D eigenvalue weighted by Crippen LogP contribution is -2.31. The molecule has 0 aliphatic carbocycles. The topological polar surface area (TPSA) is 60.5 Å². The summed E-state index contributed by atoms with van der Waals surface area (Å²) >= 11 is 0. The first-order valence-corrected chi connectivity index (χ1v) is 8.22. The third kappa shape index (κ3) is 3.29. The van der Waals surface area contributed by atoms with Gasteiger partial charge in [-0.15, -0.1) is 0 Å². The van der Waals surface area contributed by atoms with Crippen molar-refractivity contribution in [3.63, 3.8) is 0 Å². The second-order valence-corrected chi connectivity index (χ2v) is 5.66. The molecule has 0 radical (unpaired) electrons. The highest BCUT2D eigenvalue weighted by Crippen LogP contribution is 2.20. The largest absolute Gasteiger partial charge is 0.282 e. The summed E-state index contributed by atoms with van der Waals surface area (Å²) < 4.78 is 0. The predicted molar refractivity (Wildman–Crippen MR) is 105 cm³/mol. The zero-order valence-electron chi connectivity index (χ0n) is 13.9. The molecule has 1 N–H and O–H groups in total. The summed E-state index contributed by atoms with van der Waals surface area (Å²) in [6.07, 6.45) is 0. The number of rotatable bonds is 3. The molecule has 0 saturated carbocycles. The van der Waals surface area contributed by atoms with Crippen molar-refractivity contribution in [3.8, 4) is 0 Å². The van der Waals surface area contributed by atoms with Gasteiger partial charge in [0.05, 0.1) is 11.4 Å². The van der Waals surface area contributed by atoms with Gasteiger partial charge in [0.25, 0.3) is 0 Å². The van der Waals surface area contributed by atoms with E-state index in [0.717, 1.165) is 16.3 Å². The van der Waals surface area contributed by atoms with Crippen LogP contribution in [-0.4, -0.2) is 22.7 Å². The summed E-state index contributed by atoms with van der Waals surface area (Å²) in [6, 6.07) is 28.3. The maximum Gasteiger partial charge on any atom is 0.205 e. The van der Waals surface area contributed by atoms with E-state index in [-0.39, 0.29) is 0 Å². The molecule has 3 aromatic rings. The molecule has 0 saturated heterocycles. The summed E-state index contributed by atoms with van der Waals surface area (Å²) in [5, 5.41) is 11.7. The summed E-state index contributed by atoms with van der Waals surface area (Å²) in [5.74, 6) is 1.17. The molecule has 26 heavy (non-hydrogen) atoms. The number of benzene rings is 3. The van der Waals surface area contributed by atoms with Crippen LogP contribution in [0.3, 0.4) is 0 Å². The van der Waals surface area contributed by atoms with Gasteiger partial charge in [-0.2, -0.15) is 0 Å². The van der Waals surface area contributed by atoms with Crippen LogP contribution in [0.1, 0.15) is 5.56 Å². The van der Waals surface area contributed by atoms with Gasteiger partial charge in [0.2, 0.25) is 11.7 Å². The number of aliphatic imine (C=N–C) groups is 3. The second-order valence-electron chi connectivity index (χ2n) is 5.66. The summed E-state index contributed by atoms with van der Waals surface area (Å²) in [6.45, 7) is 0. The normalized spacial score (nSPS) is 14.9. The van der Waals surface area contributed by atoms with Crippen molar-refractivity contribution in [2.24, 2.45) is 15.0 Å². The molecule has 0 aromatic heterocycles. The van der Waals surface area contributed by atoms with Crippen molar-refractivity contribution in [3.05, 3.63) is 96.6 Å². The average molecular weight is 340 g/mol. The van der Waals surface area contributed by atoms with Crippen LogP contribution in [0.15, 0.2) is 106 Å². The summed E-state index contributed by atoms with van der Waals surface area (Å²) in [5.41, 5.74) is 2.20.